The Morgan fingerprint density at radius 1 is 1.31 bits per heavy atom. The van der Waals surface area contributed by atoms with Gasteiger partial charge in [-0.25, -0.2) is 9.97 Å². The number of primary amides is 1. The van der Waals surface area contributed by atoms with Crippen molar-refractivity contribution in [3.63, 3.8) is 0 Å². The highest BCUT2D eigenvalue weighted by Gasteiger charge is 2.26. The molecule has 1 fully saturated rings. The Morgan fingerprint density at radius 2 is 2.10 bits per heavy atom. The number of hydrogen-bond donors (Lipinski definition) is 2. The van der Waals surface area contributed by atoms with Crippen LogP contribution in [-0.2, 0) is 16.1 Å². The van der Waals surface area contributed by atoms with Crippen LogP contribution in [0.1, 0.15) is 19.7 Å². The Hall–Kier alpha value is -2.07. The number of nitrogens with zero attached hydrogens (tertiary/aromatic N) is 3. The van der Waals surface area contributed by atoms with E-state index in [0.29, 0.717) is 13.1 Å². The molecule has 4 heterocycles. The van der Waals surface area contributed by atoms with Gasteiger partial charge in [0.05, 0.1) is 30.6 Å². The molecule has 0 radical (unpaired) electrons. The number of rotatable bonds is 7. The molecule has 0 saturated carbocycles. The molecular formula is C20H25N5O2S2. The lowest BCUT2D eigenvalue weighted by molar-refractivity contribution is -0.125. The number of fused-ring (bicyclic) bond motifs is 1. The molecule has 1 amide bonds. The van der Waals surface area contributed by atoms with Crippen LogP contribution < -0.4 is 11.1 Å². The summed E-state index contributed by atoms with van der Waals surface area (Å²) in [6, 6.07) is 4.14. The molecular weight excluding hydrogens is 406 g/mol. The summed E-state index contributed by atoms with van der Waals surface area (Å²) in [6.07, 6.45) is 0. The summed E-state index contributed by atoms with van der Waals surface area (Å²) in [6.45, 7) is 7.99. The molecule has 3 aromatic heterocycles. The van der Waals surface area contributed by atoms with Gasteiger partial charge in [-0.2, -0.15) is 0 Å². The van der Waals surface area contributed by atoms with Crippen LogP contribution in [0.15, 0.2) is 22.9 Å². The van der Waals surface area contributed by atoms with E-state index in [4.69, 9.17) is 20.4 Å². The largest absolute Gasteiger partial charge is 0.379 e. The smallest absolute Gasteiger partial charge is 0.224 e. The fourth-order valence-corrected chi connectivity index (χ4v) is 4.93. The predicted molar refractivity (Wildman–Crippen MR) is 118 cm³/mol. The van der Waals surface area contributed by atoms with E-state index in [0.717, 1.165) is 53.7 Å². The molecule has 4 rings (SSSR count). The lowest BCUT2D eigenvalue weighted by atomic mass is 9.93. The quantitative estimate of drug-likeness (QED) is 0.597. The van der Waals surface area contributed by atoms with Gasteiger partial charge >= 0.3 is 0 Å². The van der Waals surface area contributed by atoms with E-state index in [-0.39, 0.29) is 5.91 Å². The predicted octanol–water partition coefficient (Wildman–Crippen LogP) is 3.18. The topological polar surface area (TPSA) is 93.4 Å². The van der Waals surface area contributed by atoms with E-state index in [1.165, 1.54) is 4.88 Å². The number of nitrogens with two attached hydrogens (primary N) is 1. The Morgan fingerprint density at radius 3 is 2.79 bits per heavy atom. The monoisotopic (exact) mass is 431 g/mol. The maximum atomic E-state index is 11.8. The molecule has 29 heavy (non-hydrogen) atoms. The Kier molecular flexibility index (Phi) is 5.82. The highest BCUT2D eigenvalue weighted by atomic mass is 32.1. The maximum absolute atomic E-state index is 11.8. The fraction of sp³-hybridized carbons (Fsp3) is 0.450. The minimum atomic E-state index is -0.680. The third kappa shape index (κ3) is 4.42. The van der Waals surface area contributed by atoms with E-state index in [1.807, 2.05) is 19.9 Å². The number of carbonyl (C=O) groups excluding carboxylic acids is 1. The number of ether oxygens (including phenoxy) is 1. The second-order valence-electron chi connectivity index (χ2n) is 7.79. The van der Waals surface area contributed by atoms with Crippen molar-refractivity contribution in [1.29, 1.82) is 0 Å². The molecule has 0 aliphatic carbocycles. The molecule has 0 spiro atoms. The van der Waals surface area contributed by atoms with E-state index >= 15 is 0 Å². The van der Waals surface area contributed by atoms with Crippen molar-refractivity contribution in [2.75, 3.05) is 38.2 Å². The molecule has 3 aromatic rings. The molecule has 9 heteroatoms. The van der Waals surface area contributed by atoms with Crippen molar-refractivity contribution in [3.05, 3.63) is 28.7 Å². The summed E-state index contributed by atoms with van der Waals surface area (Å²) in [4.78, 5) is 25.9. The van der Waals surface area contributed by atoms with Crippen LogP contribution in [0.3, 0.4) is 0 Å². The first-order valence-electron chi connectivity index (χ1n) is 9.60. The summed E-state index contributed by atoms with van der Waals surface area (Å²) in [5, 5.41) is 8.59. The van der Waals surface area contributed by atoms with Gasteiger partial charge in [0.15, 0.2) is 0 Å². The van der Waals surface area contributed by atoms with E-state index in [1.54, 1.807) is 22.7 Å². The number of aromatic nitrogens is 2. The first-order chi connectivity index (χ1) is 13.9. The zero-order valence-corrected chi connectivity index (χ0v) is 18.2. The van der Waals surface area contributed by atoms with Gasteiger partial charge in [0.1, 0.15) is 16.5 Å². The lowest BCUT2D eigenvalue weighted by Gasteiger charge is -2.26. The molecule has 3 N–H and O–H groups in total. The molecule has 7 nitrogen and oxygen atoms in total. The molecule has 0 bridgehead atoms. The minimum absolute atomic E-state index is 0.340. The van der Waals surface area contributed by atoms with Crippen LogP contribution in [0.2, 0.25) is 0 Å². The Labute approximate surface area is 177 Å². The van der Waals surface area contributed by atoms with Crippen molar-refractivity contribution in [2.24, 2.45) is 11.1 Å². The molecule has 1 saturated heterocycles. The van der Waals surface area contributed by atoms with E-state index in [2.05, 4.69) is 27.0 Å². The minimum Gasteiger partial charge on any atom is -0.379 e. The van der Waals surface area contributed by atoms with Gasteiger partial charge in [-0.05, 0) is 25.3 Å². The van der Waals surface area contributed by atoms with E-state index in [9.17, 15) is 4.79 Å². The molecule has 0 aromatic carbocycles. The van der Waals surface area contributed by atoms with Crippen LogP contribution in [0, 0.1) is 5.41 Å². The fourth-order valence-electron chi connectivity index (χ4n) is 3.15. The second kappa shape index (κ2) is 8.35. The summed E-state index contributed by atoms with van der Waals surface area (Å²) < 4.78 is 5.44. The van der Waals surface area contributed by atoms with Gasteiger partial charge < -0.3 is 15.8 Å². The SMILES string of the molecule is CC(C)(CNc1nc(CN2CCOCC2)nc2scc(-c3cccs3)c12)C(N)=O. The van der Waals surface area contributed by atoms with Crippen LogP contribution in [0.25, 0.3) is 20.7 Å². The number of thiophene rings is 2. The molecule has 154 valence electrons. The van der Waals surface area contributed by atoms with Crippen LogP contribution >= 0.6 is 22.7 Å². The van der Waals surface area contributed by atoms with Crippen molar-refractivity contribution < 1.29 is 9.53 Å². The first-order valence-corrected chi connectivity index (χ1v) is 11.4. The van der Waals surface area contributed by atoms with Gasteiger partial charge in [-0.3, -0.25) is 9.69 Å². The number of morpholine rings is 1. The zero-order valence-electron chi connectivity index (χ0n) is 16.6. The van der Waals surface area contributed by atoms with Crippen molar-refractivity contribution >= 4 is 44.6 Å². The molecule has 1 aliphatic heterocycles. The average Bonchev–Trinajstić information content (AvgIpc) is 3.36. The highest BCUT2D eigenvalue weighted by molar-refractivity contribution is 7.18. The highest BCUT2D eigenvalue weighted by Crippen LogP contribution is 2.39. The Bertz CT molecular complexity index is 994. The van der Waals surface area contributed by atoms with Crippen LogP contribution in [0.4, 0.5) is 5.82 Å². The van der Waals surface area contributed by atoms with Crippen LogP contribution in [0.5, 0.6) is 0 Å². The lowest BCUT2D eigenvalue weighted by Crippen LogP contribution is -2.38. The summed E-state index contributed by atoms with van der Waals surface area (Å²) >= 11 is 3.32. The van der Waals surface area contributed by atoms with Crippen molar-refractivity contribution in [1.82, 2.24) is 14.9 Å². The third-order valence-electron chi connectivity index (χ3n) is 5.10. The molecule has 0 unspecified atom stereocenters. The summed E-state index contributed by atoms with van der Waals surface area (Å²) in [5.41, 5.74) is 6.00. The number of carbonyl (C=O) groups is 1. The number of hydrogen-bond acceptors (Lipinski definition) is 8. The number of amides is 1. The molecule has 0 atom stereocenters. The van der Waals surface area contributed by atoms with Gasteiger partial charge in [0, 0.05) is 35.5 Å². The second-order valence-corrected chi connectivity index (χ2v) is 9.59. The van der Waals surface area contributed by atoms with Gasteiger partial charge in [0.2, 0.25) is 5.91 Å². The third-order valence-corrected chi connectivity index (χ3v) is 6.88. The summed E-state index contributed by atoms with van der Waals surface area (Å²) in [5.74, 6) is 1.20. The first kappa shape index (κ1) is 20.2. The van der Waals surface area contributed by atoms with Crippen molar-refractivity contribution in [2.45, 2.75) is 20.4 Å². The van der Waals surface area contributed by atoms with E-state index < -0.39 is 5.41 Å². The zero-order chi connectivity index (χ0) is 20.4. The number of anilines is 1. The molecule has 1 aliphatic rings. The summed E-state index contributed by atoms with van der Waals surface area (Å²) in [7, 11) is 0. The number of nitrogens with one attached hydrogen (secondary N) is 1. The van der Waals surface area contributed by atoms with Gasteiger partial charge in [0.25, 0.3) is 0 Å². The van der Waals surface area contributed by atoms with Crippen molar-refractivity contribution in [3.8, 4) is 10.4 Å². The average molecular weight is 432 g/mol. The normalized spacial score (nSPS) is 15.7. The Balaban J connectivity index is 1.71. The standard InChI is InChI=1S/C20H25N5O2S2/c1-20(2,19(21)26)12-22-17-16-13(14-4-3-9-28-14)11-29-18(16)24-15(23-17)10-25-5-7-27-8-6-25/h3-4,9,11H,5-8,10,12H2,1-2H3,(H2,21,26)(H,22,23,24). The maximum Gasteiger partial charge on any atom is 0.224 e. The van der Waals surface area contributed by atoms with Gasteiger partial charge in [-0.1, -0.05) is 6.07 Å². The van der Waals surface area contributed by atoms with Gasteiger partial charge in [-0.15, -0.1) is 22.7 Å². The van der Waals surface area contributed by atoms with Crippen LogP contribution in [-0.4, -0.2) is 53.6 Å².